The summed E-state index contributed by atoms with van der Waals surface area (Å²) in [5.41, 5.74) is 2.09. The van der Waals surface area contributed by atoms with Gasteiger partial charge in [-0.25, -0.2) is 9.07 Å². The van der Waals surface area contributed by atoms with Gasteiger partial charge in [0.2, 0.25) is 0 Å². The predicted octanol–water partition coefficient (Wildman–Crippen LogP) is 3.81. The van der Waals surface area contributed by atoms with Gasteiger partial charge in [0.05, 0.1) is 11.6 Å². The number of hydrogen-bond acceptors (Lipinski definition) is 3. The molecule has 5 nitrogen and oxygen atoms in total. The van der Waals surface area contributed by atoms with Crippen LogP contribution in [0.15, 0.2) is 46.9 Å². The normalized spacial score (nSPS) is 15.7. The first kappa shape index (κ1) is 16.2. The number of nitrogens with zero attached hydrogens (tertiary/aromatic N) is 4. The predicted molar refractivity (Wildman–Crippen MR) is 95.8 cm³/mol. The van der Waals surface area contributed by atoms with Gasteiger partial charge in [-0.15, -0.1) is 5.10 Å². The minimum absolute atomic E-state index is 0.0523. The molecule has 1 aliphatic heterocycles. The summed E-state index contributed by atoms with van der Waals surface area (Å²) >= 11 is 3.38. The highest BCUT2D eigenvalue weighted by Gasteiger charge is 2.26. The molecule has 4 rings (SSSR count). The highest BCUT2D eigenvalue weighted by Crippen LogP contribution is 2.26. The van der Waals surface area contributed by atoms with Crippen molar-refractivity contribution in [3.63, 3.8) is 0 Å². The van der Waals surface area contributed by atoms with Crippen LogP contribution in [0.4, 0.5) is 4.39 Å². The van der Waals surface area contributed by atoms with Crippen LogP contribution in [-0.4, -0.2) is 38.9 Å². The number of fused-ring (bicyclic) bond motifs is 1. The molecule has 1 fully saturated rings. The van der Waals surface area contributed by atoms with E-state index in [9.17, 15) is 9.18 Å². The van der Waals surface area contributed by atoms with Crippen molar-refractivity contribution in [2.24, 2.45) is 0 Å². The Hall–Kier alpha value is -2.28. The number of carbonyl (C=O) groups excluding carboxylic acids is 1. The number of carbonyl (C=O) groups is 1. The monoisotopic (exact) mass is 402 g/mol. The molecule has 0 N–H and O–H groups in total. The minimum Gasteiger partial charge on any atom is -0.338 e. The third kappa shape index (κ3) is 3.16. The van der Waals surface area contributed by atoms with Gasteiger partial charge in [0.1, 0.15) is 11.3 Å². The summed E-state index contributed by atoms with van der Waals surface area (Å²) in [6.45, 7) is 1.34. The Morgan fingerprint density at radius 3 is 2.56 bits per heavy atom. The van der Waals surface area contributed by atoms with Gasteiger partial charge >= 0.3 is 0 Å². The van der Waals surface area contributed by atoms with Crippen LogP contribution < -0.4 is 0 Å². The lowest BCUT2D eigenvalue weighted by atomic mass is 10.0. The van der Waals surface area contributed by atoms with Crippen LogP contribution in [0.2, 0.25) is 0 Å². The second-order valence-corrected chi connectivity index (χ2v) is 7.11. The van der Waals surface area contributed by atoms with E-state index in [0.717, 1.165) is 22.8 Å². The van der Waals surface area contributed by atoms with Crippen molar-refractivity contribution in [2.45, 2.75) is 18.9 Å². The van der Waals surface area contributed by atoms with E-state index < -0.39 is 0 Å². The Bertz CT molecular complexity index is 916. The van der Waals surface area contributed by atoms with Crippen molar-refractivity contribution in [3.05, 3.63) is 58.3 Å². The smallest absolute Gasteiger partial charge is 0.253 e. The molecule has 2 aromatic carbocycles. The fourth-order valence-corrected chi connectivity index (χ4v) is 3.54. The summed E-state index contributed by atoms with van der Waals surface area (Å²) in [5, 5.41) is 8.24. The number of halogens is 2. The third-order valence-electron chi connectivity index (χ3n) is 4.62. The van der Waals surface area contributed by atoms with Crippen molar-refractivity contribution < 1.29 is 9.18 Å². The summed E-state index contributed by atoms with van der Waals surface area (Å²) in [6, 6.07) is 12.1. The molecule has 3 aromatic rings. The van der Waals surface area contributed by atoms with E-state index in [-0.39, 0.29) is 17.8 Å². The minimum atomic E-state index is -0.311. The SMILES string of the molecule is O=C(c1ccc(Br)cc1)N1CCC(n2nnc3cc(F)ccc32)CC1. The Kier molecular flexibility index (Phi) is 4.25. The number of piperidine rings is 1. The molecule has 7 heteroatoms. The summed E-state index contributed by atoms with van der Waals surface area (Å²) in [6.07, 6.45) is 1.61. The van der Waals surface area contributed by atoms with Crippen LogP contribution in [0.5, 0.6) is 0 Å². The third-order valence-corrected chi connectivity index (χ3v) is 5.15. The van der Waals surface area contributed by atoms with Gasteiger partial charge in [0.15, 0.2) is 0 Å². The van der Waals surface area contributed by atoms with Gasteiger partial charge in [-0.1, -0.05) is 21.1 Å². The first-order chi connectivity index (χ1) is 12.1. The zero-order chi connectivity index (χ0) is 17.4. The van der Waals surface area contributed by atoms with Crippen LogP contribution >= 0.6 is 15.9 Å². The zero-order valence-corrected chi connectivity index (χ0v) is 15.0. The molecule has 1 aromatic heterocycles. The fraction of sp³-hybridized carbons (Fsp3) is 0.278. The van der Waals surface area contributed by atoms with E-state index in [1.54, 1.807) is 6.07 Å². The zero-order valence-electron chi connectivity index (χ0n) is 13.4. The maximum Gasteiger partial charge on any atom is 0.253 e. The molecule has 0 saturated carbocycles. The standard InChI is InChI=1S/C18H16BrFN4O/c19-13-3-1-12(2-4-13)18(25)23-9-7-15(8-10-23)24-17-6-5-14(20)11-16(17)21-22-24/h1-6,11,15H,7-10H2. The van der Waals surface area contributed by atoms with Gasteiger partial charge in [0, 0.05) is 29.2 Å². The van der Waals surface area contributed by atoms with Gasteiger partial charge < -0.3 is 4.90 Å². The van der Waals surface area contributed by atoms with E-state index in [2.05, 4.69) is 26.2 Å². The summed E-state index contributed by atoms with van der Waals surface area (Å²) in [5.74, 6) is -0.258. The Morgan fingerprint density at radius 2 is 1.84 bits per heavy atom. The second-order valence-electron chi connectivity index (χ2n) is 6.20. The highest BCUT2D eigenvalue weighted by atomic mass is 79.9. The molecule has 0 bridgehead atoms. The fourth-order valence-electron chi connectivity index (χ4n) is 3.27. The molecule has 128 valence electrons. The van der Waals surface area contributed by atoms with Crippen molar-refractivity contribution in [2.75, 3.05) is 13.1 Å². The quantitative estimate of drug-likeness (QED) is 0.654. The number of likely N-dealkylation sites (tertiary alicyclic amines) is 1. The van der Waals surface area contributed by atoms with Crippen LogP contribution in [-0.2, 0) is 0 Å². The lowest BCUT2D eigenvalue weighted by Crippen LogP contribution is -2.39. The largest absolute Gasteiger partial charge is 0.338 e. The number of hydrogen-bond donors (Lipinski definition) is 0. The Labute approximate surface area is 152 Å². The maximum absolute atomic E-state index is 13.3. The summed E-state index contributed by atoms with van der Waals surface area (Å²) < 4.78 is 16.1. The van der Waals surface area contributed by atoms with Crippen LogP contribution in [0.1, 0.15) is 29.2 Å². The molecular formula is C18H16BrFN4O. The molecule has 1 amide bonds. The van der Waals surface area contributed by atoms with Gasteiger partial charge in [0.25, 0.3) is 5.91 Å². The summed E-state index contributed by atoms with van der Waals surface area (Å²) in [4.78, 5) is 14.5. The highest BCUT2D eigenvalue weighted by molar-refractivity contribution is 9.10. The first-order valence-electron chi connectivity index (χ1n) is 8.17. The number of aromatic nitrogens is 3. The Morgan fingerprint density at radius 1 is 1.12 bits per heavy atom. The number of amides is 1. The van der Waals surface area contributed by atoms with Crippen molar-refractivity contribution in [3.8, 4) is 0 Å². The van der Waals surface area contributed by atoms with Gasteiger partial charge in [-0.3, -0.25) is 4.79 Å². The molecule has 0 unspecified atom stereocenters. The molecule has 0 spiro atoms. The molecule has 1 aliphatic rings. The number of benzene rings is 2. The van der Waals surface area contributed by atoms with E-state index in [0.29, 0.717) is 24.2 Å². The van der Waals surface area contributed by atoms with E-state index in [4.69, 9.17) is 0 Å². The average molecular weight is 403 g/mol. The van der Waals surface area contributed by atoms with E-state index >= 15 is 0 Å². The molecule has 0 radical (unpaired) electrons. The van der Waals surface area contributed by atoms with E-state index in [1.165, 1.54) is 12.1 Å². The molecule has 1 saturated heterocycles. The van der Waals surface area contributed by atoms with E-state index in [1.807, 2.05) is 33.8 Å². The molecular weight excluding hydrogens is 387 g/mol. The van der Waals surface area contributed by atoms with Crippen LogP contribution in [0, 0.1) is 5.82 Å². The van der Waals surface area contributed by atoms with Crippen molar-refractivity contribution in [1.29, 1.82) is 0 Å². The number of rotatable bonds is 2. The van der Waals surface area contributed by atoms with Crippen molar-refractivity contribution >= 4 is 32.9 Å². The maximum atomic E-state index is 13.3. The van der Waals surface area contributed by atoms with Gasteiger partial charge in [-0.05, 0) is 49.2 Å². The lowest BCUT2D eigenvalue weighted by molar-refractivity contribution is 0.0691. The molecule has 0 atom stereocenters. The molecule has 25 heavy (non-hydrogen) atoms. The van der Waals surface area contributed by atoms with Gasteiger partial charge in [-0.2, -0.15) is 0 Å². The van der Waals surface area contributed by atoms with Crippen LogP contribution in [0.25, 0.3) is 11.0 Å². The Balaban J connectivity index is 1.47. The topological polar surface area (TPSA) is 51.0 Å². The molecule has 2 heterocycles. The average Bonchev–Trinajstić information content (AvgIpc) is 3.05. The first-order valence-corrected chi connectivity index (χ1v) is 8.96. The summed E-state index contributed by atoms with van der Waals surface area (Å²) in [7, 11) is 0. The lowest BCUT2D eigenvalue weighted by Gasteiger charge is -2.32. The molecule has 0 aliphatic carbocycles. The van der Waals surface area contributed by atoms with Crippen molar-refractivity contribution in [1.82, 2.24) is 19.9 Å². The second kappa shape index (κ2) is 6.55. The van der Waals surface area contributed by atoms with Crippen LogP contribution in [0.3, 0.4) is 0 Å².